The number of nitrogens with two attached hydrogens (primary N) is 1. The maximum Gasteiger partial charge on any atom is 0.387 e. The molecule has 10 heteroatoms. The highest BCUT2D eigenvalue weighted by Gasteiger charge is 2.56. The number of halogens is 2. The first-order valence-electron chi connectivity index (χ1n) is 12.0. The van der Waals surface area contributed by atoms with Crippen molar-refractivity contribution in [1.29, 1.82) is 0 Å². The summed E-state index contributed by atoms with van der Waals surface area (Å²) in [6, 6.07) is 14.2. The smallest absolute Gasteiger partial charge is 0.387 e. The number of methoxy groups -OCH3 is 1. The lowest BCUT2D eigenvalue weighted by atomic mass is 9.86. The van der Waals surface area contributed by atoms with Gasteiger partial charge < -0.3 is 20.1 Å². The second-order valence-electron chi connectivity index (χ2n) is 9.30. The molecule has 1 unspecified atom stereocenters. The molecule has 194 valence electrons. The lowest BCUT2D eigenvalue weighted by Crippen LogP contribution is -2.56. The van der Waals surface area contributed by atoms with E-state index < -0.39 is 12.2 Å². The largest absolute Gasteiger partial charge is 0.497 e. The maximum absolute atomic E-state index is 14.0. The number of primary amides is 1. The van der Waals surface area contributed by atoms with Gasteiger partial charge in [0.25, 0.3) is 0 Å². The summed E-state index contributed by atoms with van der Waals surface area (Å²) in [7, 11) is 3.55. The lowest BCUT2D eigenvalue weighted by molar-refractivity contribution is -0.136. The molecule has 36 heavy (non-hydrogen) atoms. The highest BCUT2D eigenvalue weighted by molar-refractivity contribution is 5.89. The van der Waals surface area contributed by atoms with Crippen molar-refractivity contribution in [2.24, 2.45) is 5.73 Å². The SMILES string of the molecule is COc1ccc(CCN2C(=O)C3(CCN(CC(N)=O)CC3)N(C)C2c2ccc(OC(F)F)cc2)cc1. The van der Waals surface area contributed by atoms with Crippen LogP contribution in [0.25, 0.3) is 0 Å². The Balaban J connectivity index is 1.59. The van der Waals surface area contributed by atoms with Crippen molar-refractivity contribution >= 4 is 11.8 Å². The third-order valence-electron chi connectivity index (χ3n) is 7.26. The van der Waals surface area contributed by atoms with Crippen LogP contribution in [0.3, 0.4) is 0 Å². The van der Waals surface area contributed by atoms with Crippen molar-refractivity contribution in [2.45, 2.75) is 37.6 Å². The summed E-state index contributed by atoms with van der Waals surface area (Å²) < 4.78 is 35.0. The summed E-state index contributed by atoms with van der Waals surface area (Å²) >= 11 is 0. The number of benzene rings is 2. The molecule has 0 aromatic heterocycles. The van der Waals surface area contributed by atoms with Crippen LogP contribution in [-0.4, -0.2) is 79.0 Å². The number of piperidine rings is 1. The van der Waals surface area contributed by atoms with Crippen molar-refractivity contribution in [1.82, 2.24) is 14.7 Å². The number of carbonyl (C=O) groups is 2. The molecular formula is C26H32F2N4O4. The molecule has 0 saturated carbocycles. The fourth-order valence-corrected chi connectivity index (χ4v) is 5.33. The van der Waals surface area contributed by atoms with Crippen molar-refractivity contribution in [3.63, 3.8) is 0 Å². The average Bonchev–Trinajstić information content (AvgIpc) is 3.05. The van der Waals surface area contributed by atoms with E-state index in [9.17, 15) is 18.4 Å². The minimum absolute atomic E-state index is 0.0372. The van der Waals surface area contributed by atoms with Gasteiger partial charge in [-0.25, -0.2) is 0 Å². The summed E-state index contributed by atoms with van der Waals surface area (Å²) in [5, 5.41) is 0. The van der Waals surface area contributed by atoms with E-state index in [0.29, 0.717) is 38.9 Å². The van der Waals surface area contributed by atoms with Crippen molar-refractivity contribution in [3.8, 4) is 11.5 Å². The van der Waals surface area contributed by atoms with Crippen LogP contribution in [-0.2, 0) is 16.0 Å². The average molecular weight is 503 g/mol. The zero-order valence-corrected chi connectivity index (χ0v) is 20.5. The van der Waals surface area contributed by atoms with E-state index in [2.05, 4.69) is 9.64 Å². The first-order chi connectivity index (χ1) is 17.2. The number of likely N-dealkylation sites (tertiary alicyclic amines) is 1. The molecule has 0 radical (unpaired) electrons. The van der Waals surface area contributed by atoms with E-state index in [1.54, 1.807) is 19.2 Å². The van der Waals surface area contributed by atoms with Gasteiger partial charge in [-0.3, -0.25) is 19.4 Å². The Bertz CT molecular complexity index is 1060. The van der Waals surface area contributed by atoms with Crippen LogP contribution in [0.1, 0.15) is 30.1 Å². The molecule has 2 amide bonds. The number of alkyl halides is 2. The third-order valence-corrected chi connectivity index (χ3v) is 7.26. The van der Waals surface area contributed by atoms with E-state index >= 15 is 0 Å². The molecule has 2 saturated heterocycles. The molecule has 0 bridgehead atoms. The van der Waals surface area contributed by atoms with Gasteiger partial charge in [-0.2, -0.15) is 8.78 Å². The highest BCUT2D eigenvalue weighted by Crippen LogP contribution is 2.45. The monoisotopic (exact) mass is 502 g/mol. The molecule has 2 aliphatic heterocycles. The number of rotatable bonds is 9. The van der Waals surface area contributed by atoms with Crippen LogP contribution in [0, 0.1) is 0 Å². The number of amides is 2. The number of likely N-dealkylation sites (N-methyl/N-ethyl adjacent to an activating group) is 1. The fraction of sp³-hybridized carbons (Fsp3) is 0.462. The predicted molar refractivity (Wildman–Crippen MR) is 130 cm³/mol. The Morgan fingerprint density at radius 2 is 1.69 bits per heavy atom. The van der Waals surface area contributed by atoms with Crippen LogP contribution >= 0.6 is 0 Å². The van der Waals surface area contributed by atoms with Gasteiger partial charge >= 0.3 is 6.61 Å². The fourth-order valence-electron chi connectivity index (χ4n) is 5.33. The summed E-state index contributed by atoms with van der Waals surface area (Å²) in [5.41, 5.74) is 6.55. The molecule has 0 aliphatic carbocycles. The molecule has 2 aliphatic rings. The lowest BCUT2D eigenvalue weighted by Gasteiger charge is -2.41. The first-order valence-corrected chi connectivity index (χ1v) is 12.0. The van der Waals surface area contributed by atoms with Gasteiger partial charge in [0, 0.05) is 19.6 Å². The Kier molecular flexibility index (Phi) is 7.75. The number of hydrogen-bond acceptors (Lipinski definition) is 6. The Morgan fingerprint density at radius 1 is 1.08 bits per heavy atom. The minimum Gasteiger partial charge on any atom is -0.497 e. The normalized spacial score (nSPS) is 20.3. The molecule has 1 spiro atoms. The molecule has 4 rings (SSSR count). The predicted octanol–water partition coefficient (Wildman–Crippen LogP) is 2.63. The van der Waals surface area contributed by atoms with Crippen LogP contribution in [0.15, 0.2) is 48.5 Å². The zero-order chi connectivity index (χ0) is 25.9. The van der Waals surface area contributed by atoms with Crippen LogP contribution in [0.4, 0.5) is 8.78 Å². The van der Waals surface area contributed by atoms with Crippen LogP contribution in [0.2, 0.25) is 0 Å². The minimum atomic E-state index is -2.90. The summed E-state index contributed by atoms with van der Waals surface area (Å²) in [5.74, 6) is 0.485. The van der Waals surface area contributed by atoms with E-state index in [1.807, 2.05) is 41.1 Å². The van der Waals surface area contributed by atoms with Crippen molar-refractivity contribution < 1.29 is 27.8 Å². The van der Waals surface area contributed by atoms with Gasteiger partial charge in [-0.15, -0.1) is 0 Å². The van der Waals surface area contributed by atoms with E-state index in [1.165, 1.54) is 12.1 Å². The molecule has 8 nitrogen and oxygen atoms in total. The second kappa shape index (κ2) is 10.8. The van der Waals surface area contributed by atoms with Gasteiger partial charge in [0.1, 0.15) is 23.2 Å². The number of hydrogen-bond donors (Lipinski definition) is 1. The highest BCUT2D eigenvalue weighted by atomic mass is 19.3. The molecule has 1 atom stereocenters. The van der Waals surface area contributed by atoms with Crippen LogP contribution < -0.4 is 15.2 Å². The molecule has 2 aromatic carbocycles. The Hall–Kier alpha value is -3.24. The van der Waals surface area contributed by atoms with Crippen LogP contribution in [0.5, 0.6) is 11.5 Å². The molecular weight excluding hydrogens is 470 g/mol. The van der Waals surface area contributed by atoms with Crippen molar-refractivity contribution in [3.05, 3.63) is 59.7 Å². The molecule has 2 heterocycles. The van der Waals surface area contributed by atoms with E-state index in [-0.39, 0.29) is 30.3 Å². The Morgan fingerprint density at radius 3 is 2.25 bits per heavy atom. The van der Waals surface area contributed by atoms with Gasteiger partial charge in [-0.05, 0) is 61.7 Å². The quantitative estimate of drug-likeness (QED) is 0.567. The van der Waals surface area contributed by atoms with E-state index in [4.69, 9.17) is 10.5 Å². The summed E-state index contributed by atoms with van der Waals surface area (Å²) in [6.45, 7) is -1.08. The molecule has 2 aromatic rings. The zero-order valence-electron chi connectivity index (χ0n) is 20.5. The molecule has 2 N–H and O–H groups in total. The topological polar surface area (TPSA) is 88.3 Å². The summed E-state index contributed by atoms with van der Waals surface area (Å²) in [4.78, 5) is 31.3. The Labute approximate surface area is 209 Å². The number of carbonyl (C=O) groups excluding carboxylic acids is 2. The first kappa shape index (κ1) is 25.8. The number of nitrogens with zero attached hydrogens (tertiary/aromatic N) is 3. The van der Waals surface area contributed by atoms with Gasteiger partial charge in [-0.1, -0.05) is 24.3 Å². The molecule has 2 fully saturated rings. The number of ether oxygens (including phenoxy) is 2. The van der Waals surface area contributed by atoms with Gasteiger partial charge in [0.05, 0.1) is 13.7 Å². The van der Waals surface area contributed by atoms with Gasteiger partial charge in [0.15, 0.2) is 0 Å². The van der Waals surface area contributed by atoms with E-state index in [0.717, 1.165) is 16.9 Å². The maximum atomic E-state index is 14.0. The summed E-state index contributed by atoms with van der Waals surface area (Å²) in [6.07, 6.45) is 1.42. The second-order valence-corrected chi connectivity index (χ2v) is 9.30. The standard InChI is InChI=1S/C26H32F2N4O4/c1-30-23(19-5-9-21(10-6-19)36-25(27)28)32(14-11-18-3-7-20(35-2)8-4-18)24(34)26(30)12-15-31(16-13-26)17-22(29)33/h3-10,23,25H,11-17H2,1-2H3,(H2,29,33). The van der Waals surface area contributed by atoms with Gasteiger partial charge in [0.2, 0.25) is 11.8 Å². The third kappa shape index (κ3) is 5.29. The van der Waals surface area contributed by atoms with Crippen molar-refractivity contribution in [2.75, 3.05) is 40.3 Å².